The number of aromatic hydroxyl groups is 1. The first kappa shape index (κ1) is 31.9. The number of phenols is 1. The van der Waals surface area contributed by atoms with Crippen LogP contribution in [0.15, 0.2) is 18.2 Å². The van der Waals surface area contributed by atoms with Gasteiger partial charge in [0, 0.05) is 6.42 Å². The molecule has 228 valence electrons. The zero-order chi connectivity index (χ0) is 29.0. The van der Waals surface area contributed by atoms with Crippen molar-refractivity contribution in [1.29, 1.82) is 0 Å². The van der Waals surface area contributed by atoms with Crippen LogP contribution >= 0.6 is 11.8 Å². The minimum atomic E-state index is -5.44. The van der Waals surface area contributed by atoms with E-state index in [9.17, 15) is 32.2 Å². The van der Waals surface area contributed by atoms with Gasteiger partial charge in [-0.25, -0.2) is 0 Å². The summed E-state index contributed by atoms with van der Waals surface area (Å²) < 4.78 is 62.4. The summed E-state index contributed by atoms with van der Waals surface area (Å²) in [5.74, 6) is -0.730. The van der Waals surface area contributed by atoms with E-state index in [0.717, 1.165) is 57.1 Å². The Hall–Kier alpha value is -1.02. The highest BCUT2D eigenvalue weighted by Crippen LogP contribution is 2.62. The van der Waals surface area contributed by atoms with Crippen LogP contribution in [0.25, 0.3) is 0 Å². The van der Waals surface area contributed by atoms with Crippen LogP contribution in [0.2, 0.25) is 0 Å². The highest BCUT2D eigenvalue weighted by Gasteiger charge is 2.57. The second kappa shape index (κ2) is 13.5. The zero-order valence-electron chi connectivity index (χ0n) is 23.8. The van der Waals surface area contributed by atoms with Crippen LogP contribution in [0.1, 0.15) is 114 Å². The maximum Gasteiger partial charge on any atom is 0.453 e. The number of unbranched alkanes of at least 4 members (excludes halogenated alkanes) is 6. The smallest absolute Gasteiger partial charge is 0.453 e. The Labute approximate surface area is 240 Å². The average Bonchev–Trinajstić information content (AvgIpc) is 3.19. The molecule has 0 bridgehead atoms. The van der Waals surface area contributed by atoms with Gasteiger partial charge < -0.3 is 10.2 Å². The third-order valence-corrected chi connectivity index (χ3v) is 11.5. The maximum absolute atomic E-state index is 12.9. The Morgan fingerprint density at radius 1 is 0.900 bits per heavy atom. The molecule has 0 spiro atoms. The van der Waals surface area contributed by atoms with E-state index >= 15 is 0 Å². The second-order valence-corrected chi connectivity index (χ2v) is 14.2. The van der Waals surface area contributed by atoms with Crippen LogP contribution in [-0.4, -0.2) is 39.9 Å². The van der Waals surface area contributed by atoms with Gasteiger partial charge in [0.05, 0.1) is 6.10 Å². The minimum absolute atomic E-state index is 0.0419. The lowest BCUT2D eigenvalue weighted by molar-refractivity contribution is -0.284. The highest BCUT2D eigenvalue weighted by molar-refractivity contribution is 7.99. The summed E-state index contributed by atoms with van der Waals surface area (Å²) in [5, 5.41) is 21.0. The molecule has 8 heteroatoms. The molecule has 2 saturated carbocycles. The summed E-state index contributed by atoms with van der Waals surface area (Å²) in [5.41, 5.74) is 2.79. The Balaban J connectivity index is 1.13. The van der Waals surface area contributed by atoms with Crippen LogP contribution in [0.5, 0.6) is 5.75 Å². The lowest BCUT2D eigenvalue weighted by Gasteiger charge is -2.53. The standard InChI is InChI=1S/C32H47F5O2S/c1-30-17-15-26-25-12-11-24(38)21-23(25)20-22(29(26)27(30)13-14-28(30)39)10-7-5-3-2-4-6-8-18-40-19-9-16-31(33,34)32(35,36)37/h11-12,21-22,26-29,38-39H,2-10,13-20H2,1H3/t22-,26-,27+,28+,29-,30+/m1/s1. The normalized spacial score (nSPS) is 30.1. The number of alkyl halides is 5. The van der Waals surface area contributed by atoms with Crippen LogP contribution in [0, 0.1) is 23.2 Å². The lowest BCUT2D eigenvalue weighted by Crippen LogP contribution is -2.47. The molecule has 0 heterocycles. The number of halogens is 5. The van der Waals surface area contributed by atoms with Gasteiger partial charge in [0.1, 0.15) is 5.75 Å². The molecule has 0 radical (unpaired) electrons. The lowest BCUT2D eigenvalue weighted by atomic mass is 9.52. The van der Waals surface area contributed by atoms with E-state index in [0.29, 0.717) is 35.2 Å². The fourth-order valence-electron chi connectivity index (χ4n) is 8.17. The van der Waals surface area contributed by atoms with Crippen molar-refractivity contribution in [3.8, 4) is 5.75 Å². The van der Waals surface area contributed by atoms with Gasteiger partial charge >= 0.3 is 12.1 Å². The molecule has 4 rings (SSSR count). The van der Waals surface area contributed by atoms with Gasteiger partial charge in [-0.1, -0.05) is 51.5 Å². The van der Waals surface area contributed by atoms with E-state index in [1.165, 1.54) is 55.0 Å². The fraction of sp³-hybridized carbons (Fsp3) is 0.812. The van der Waals surface area contributed by atoms with E-state index in [4.69, 9.17) is 0 Å². The number of phenolic OH excluding ortho intramolecular Hbond substituents is 1. The number of benzene rings is 1. The highest BCUT2D eigenvalue weighted by atomic mass is 32.2. The Morgan fingerprint density at radius 2 is 1.57 bits per heavy atom. The molecule has 1 aromatic carbocycles. The van der Waals surface area contributed by atoms with Crippen molar-refractivity contribution >= 4 is 11.8 Å². The summed E-state index contributed by atoms with van der Waals surface area (Å²) in [6.45, 7) is 2.32. The predicted octanol–water partition coefficient (Wildman–Crippen LogP) is 9.67. The third-order valence-electron chi connectivity index (χ3n) is 10.4. The van der Waals surface area contributed by atoms with Crippen molar-refractivity contribution in [2.45, 2.75) is 127 Å². The first-order valence-corrected chi connectivity index (χ1v) is 16.6. The molecular formula is C32H47F5O2S. The summed E-state index contributed by atoms with van der Waals surface area (Å²) in [4.78, 5) is 0. The van der Waals surface area contributed by atoms with Crippen molar-refractivity contribution in [2.24, 2.45) is 23.2 Å². The first-order chi connectivity index (χ1) is 18.9. The van der Waals surface area contributed by atoms with Crippen molar-refractivity contribution in [1.82, 2.24) is 0 Å². The minimum Gasteiger partial charge on any atom is -0.508 e. The predicted molar refractivity (Wildman–Crippen MR) is 152 cm³/mol. The average molecular weight is 591 g/mol. The molecule has 2 fully saturated rings. The quantitative estimate of drug-likeness (QED) is 0.167. The molecule has 2 nitrogen and oxygen atoms in total. The summed E-state index contributed by atoms with van der Waals surface area (Å²) >= 11 is 1.47. The van der Waals surface area contributed by atoms with Gasteiger partial charge in [-0.2, -0.15) is 33.7 Å². The van der Waals surface area contributed by atoms with E-state index in [2.05, 4.69) is 13.0 Å². The molecule has 0 unspecified atom stereocenters. The number of rotatable bonds is 14. The topological polar surface area (TPSA) is 40.5 Å². The largest absolute Gasteiger partial charge is 0.508 e. The van der Waals surface area contributed by atoms with E-state index in [1.54, 1.807) is 0 Å². The second-order valence-electron chi connectivity index (χ2n) is 13.0. The number of aliphatic hydroxyl groups is 1. The van der Waals surface area contributed by atoms with Gasteiger partial charge in [0.15, 0.2) is 0 Å². The SMILES string of the molecule is C[C@]12CC[C@@H]3c4ccc(O)cc4C[C@@H](CCCCCCCCCSCCCC(F)(F)C(F)(F)F)[C@H]3[C@@H]1CC[C@@H]2O. The maximum atomic E-state index is 12.9. The number of fused-ring (bicyclic) bond motifs is 5. The zero-order valence-corrected chi connectivity index (χ0v) is 24.6. The molecule has 0 aromatic heterocycles. The number of thioether (sulfide) groups is 1. The molecule has 40 heavy (non-hydrogen) atoms. The Bertz CT molecular complexity index is 954. The van der Waals surface area contributed by atoms with Crippen LogP contribution in [-0.2, 0) is 6.42 Å². The van der Waals surface area contributed by atoms with Gasteiger partial charge in [-0.15, -0.1) is 0 Å². The summed E-state index contributed by atoms with van der Waals surface area (Å²) in [6.07, 6.45) is 7.56. The molecule has 3 aliphatic carbocycles. The monoisotopic (exact) mass is 590 g/mol. The van der Waals surface area contributed by atoms with Crippen molar-refractivity contribution in [3.63, 3.8) is 0 Å². The van der Waals surface area contributed by atoms with E-state index in [1.807, 2.05) is 12.1 Å². The Morgan fingerprint density at radius 3 is 2.30 bits per heavy atom. The van der Waals surface area contributed by atoms with E-state index in [-0.39, 0.29) is 17.9 Å². The van der Waals surface area contributed by atoms with Crippen LogP contribution < -0.4 is 0 Å². The molecule has 1 aromatic rings. The van der Waals surface area contributed by atoms with Gasteiger partial charge in [0.2, 0.25) is 0 Å². The molecule has 6 atom stereocenters. The third kappa shape index (κ3) is 7.30. The fourth-order valence-corrected chi connectivity index (χ4v) is 9.13. The van der Waals surface area contributed by atoms with E-state index < -0.39 is 18.5 Å². The van der Waals surface area contributed by atoms with Crippen LogP contribution in [0.3, 0.4) is 0 Å². The molecule has 0 saturated heterocycles. The van der Waals surface area contributed by atoms with Crippen molar-refractivity contribution in [3.05, 3.63) is 29.3 Å². The molecule has 2 N–H and O–H groups in total. The van der Waals surface area contributed by atoms with Crippen molar-refractivity contribution < 1.29 is 32.2 Å². The molecular weight excluding hydrogens is 543 g/mol. The van der Waals surface area contributed by atoms with Gasteiger partial charge in [0.25, 0.3) is 0 Å². The Kier molecular flexibility index (Phi) is 10.8. The number of hydrogen-bond acceptors (Lipinski definition) is 3. The summed E-state index contributed by atoms with van der Waals surface area (Å²) in [7, 11) is 0. The van der Waals surface area contributed by atoms with Gasteiger partial charge in [-0.3, -0.25) is 0 Å². The number of hydrogen-bond donors (Lipinski definition) is 2. The first-order valence-electron chi connectivity index (χ1n) is 15.5. The van der Waals surface area contributed by atoms with Crippen molar-refractivity contribution in [2.75, 3.05) is 11.5 Å². The molecule has 0 amide bonds. The molecule has 3 aliphatic rings. The van der Waals surface area contributed by atoms with Crippen LogP contribution in [0.4, 0.5) is 22.0 Å². The number of aliphatic hydroxyl groups excluding tert-OH is 1. The van der Waals surface area contributed by atoms with Gasteiger partial charge in [-0.05, 0) is 115 Å². The molecule has 0 aliphatic heterocycles. The summed E-state index contributed by atoms with van der Waals surface area (Å²) in [6, 6.07) is 5.97.